The van der Waals surface area contributed by atoms with E-state index in [1.54, 1.807) is 34.5 Å². The molecule has 0 spiro atoms. The van der Waals surface area contributed by atoms with Gasteiger partial charge in [-0.25, -0.2) is 0 Å². The van der Waals surface area contributed by atoms with E-state index in [0.29, 0.717) is 0 Å². The van der Waals surface area contributed by atoms with E-state index in [4.69, 9.17) is 0 Å². The highest BCUT2D eigenvalue weighted by molar-refractivity contribution is 7.13. The SMILES string of the molecule is O=C(Cn1cccn1)Nc1ccccc1-c1cccs1. The van der Waals surface area contributed by atoms with Crippen molar-refractivity contribution in [3.8, 4) is 10.4 Å². The topological polar surface area (TPSA) is 46.9 Å². The molecule has 1 N–H and O–H groups in total. The summed E-state index contributed by atoms with van der Waals surface area (Å²) < 4.78 is 1.60. The van der Waals surface area contributed by atoms with Crippen LogP contribution in [0.15, 0.2) is 60.2 Å². The quantitative estimate of drug-likeness (QED) is 0.799. The summed E-state index contributed by atoms with van der Waals surface area (Å²) in [7, 11) is 0. The Morgan fingerprint density at radius 3 is 2.85 bits per heavy atom. The molecule has 20 heavy (non-hydrogen) atoms. The third-order valence-electron chi connectivity index (χ3n) is 2.85. The van der Waals surface area contributed by atoms with Gasteiger partial charge >= 0.3 is 0 Å². The summed E-state index contributed by atoms with van der Waals surface area (Å²) in [4.78, 5) is 13.2. The van der Waals surface area contributed by atoms with Crippen molar-refractivity contribution >= 4 is 22.9 Å². The third-order valence-corrected chi connectivity index (χ3v) is 3.76. The highest BCUT2D eigenvalue weighted by atomic mass is 32.1. The minimum atomic E-state index is -0.0855. The smallest absolute Gasteiger partial charge is 0.246 e. The molecule has 3 aromatic rings. The Kier molecular flexibility index (Phi) is 3.60. The molecule has 0 atom stereocenters. The first-order valence-electron chi connectivity index (χ1n) is 6.23. The number of amides is 1. The van der Waals surface area contributed by atoms with Crippen LogP contribution in [0.4, 0.5) is 5.69 Å². The first-order valence-corrected chi connectivity index (χ1v) is 7.11. The van der Waals surface area contributed by atoms with Crippen LogP contribution in [-0.2, 0) is 11.3 Å². The van der Waals surface area contributed by atoms with Crippen molar-refractivity contribution < 1.29 is 4.79 Å². The van der Waals surface area contributed by atoms with Crippen molar-refractivity contribution in [3.63, 3.8) is 0 Å². The molecule has 0 bridgehead atoms. The average Bonchev–Trinajstić information content (AvgIpc) is 3.11. The third kappa shape index (κ3) is 2.78. The molecular formula is C15H13N3OS. The summed E-state index contributed by atoms with van der Waals surface area (Å²) in [6.45, 7) is 0.214. The number of nitrogens with zero attached hydrogens (tertiary/aromatic N) is 2. The van der Waals surface area contributed by atoms with E-state index in [1.165, 1.54) is 0 Å². The number of anilines is 1. The van der Waals surface area contributed by atoms with E-state index >= 15 is 0 Å². The van der Waals surface area contributed by atoms with Crippen LogP contribution in [0.2, 0.25) is 0 Å². The Bertz CT molecular complexity index is 690. The molecule has 3 rings (SSSR count). The van der Waals surface area contributed by atoms with Gasteiger partial charge in [0, 0.05) is 28.5 Å². The number of benzene rings is 1. The number of carbonyl (C=O) groups excluding carboxylic acids is 1. The first-order chi connectivity index (χ1) is 9.83. The Morgan fingerprint density at radius 2 is 2.10 bits per heavy atom. The molecule has 100 valence electrons. The molecule has 0 aliphatic carbocycles. The number of para-hydroxylation sites is 1. The number of rotatable bonds is 4. The normalized spacial score (nSPS) is 10.4. The molecule has 1 amide bonds. The minimum absolute atomic E-state index is 0.0855. The fourth-order valence-corrected chi connectivity index (χ4v) is 2.74. The lowest BCUT2D eigenvalue weighted by Crippen LogP contribution is -2.19. The molecule has 5 heteroatoms. The Labute approximate surface area is 120 Å². The number of carbonyl (C=O) groups is 1. The molecule has 0 aliphatic rings. The number of thiophene rings is 1. The standard InChI is InChI=1S/C15H13N3OS/c19-15(11-18-9-4-8-16-18)17-13-6-2-1-5-12(13)14-7-3-10-20-14/h1-10H,11H2,(H,17,19). The average molecular weight is 283 g/mol. The summed E-state index contributed by atoms with van der Waals surface area (Å²) in [6, 6.07) is 13.7. The summed E-state index contributed by atoms with van der Waals surface area (Å²) in [5.74, 6) is -0.0855. The molecule has 1 aromatic carbocycles. The van der Waals surface area contributed by atoms with Crippen molar-refractivity contribution in [2.75, 3.05) is 5.32 Å². The van der Waals surface area contributed by atoms with Crippen LogP contribution in [-0.4, -0.2) is 15.7 Å². The fraction of sp³-hybridized carbons (Fsp3) is 0.0667. The second-order valence-corrected chi connectivity index (χ2v) is 5.22. The number of nitrogens with one attached hydrogen (secondary N) is 1. The fourth-order valence-electron chi connectivity index (χ4n) is 1.97. The lowest BCUT2D eigenvalue weighted by atomic mass is 10.1. The van der Waals surface area contributed by atoms with Crippen molar-refractivity contribution in [1.82, 2.24) is 9.78 Å². The van der Waals surface area contributed by atoms with Gasteiger partial charge in [-0.1, -0.05) is 24.3 Å². The van der Waals surface area contributed by atoms with Crippen LogP contribution in [0.3, 0.4) is 0 Å². The highest BCUT2D eigenvalue weighted by Crippen LogP contribution is 2.31. The molecule has 2 aromatic heterocycles. The summed E-state index contributed by atoms with van der Waals surface area (Å²) in [5, 5.41) is 9.00. The van der Waals surface area contributed by atoms with Gasteiger partial charge in [0.05, 0.1) is 0 Å². The van der Waals surface area contributed by atoms with E-state index in [1.807, 2.05) is 41.8 Å². The monoisotopic (exact) mass is 283 g/mol. The van der Waals surface area contributed by atoms with Crippen LogP contribution in [0, 0.1) is 0 Å². The zero-order valence-corrected chi connectivity index (χ0v) is 11.5. The molecule has 0 saturated heterocycles. The predicted octanol–water partition coefficient (Wildman–Crippen LogP) is 3.25. The van der Waals surface area contributed by atoms with Crippen molar-refractivity contribution in [2.45, 2.75) is 6.54 Å². The van der Waals surface area contributed by atoms with E-state index in [0.717, 1.165) is 16.1 Å². The number of hydrogen-bond acceptors (Lipinski definition) is 3. The van der Waals surface area contributed by atoms with Crippen LogP contribution in [0.5, 0.6) is 0 Å². The molecular weight excluding hydrogens is 270 g/mol. The van der Waals surface area contributed by atoms with E-state index in [9.17, 15) is 4.79 Å². The molecule has 0 saturated carbocycles. The van der Waals surface area contributed by atoms with Gasteiger partial charge in [-0.05, 0) is 23.6 Å². The van der Waals surface area contributed by atoms with Gasteiger partial charge in [0.1, 0.15) is 6.54 Å². The lowest BCUT2D eigenvalue weighted by molar-refractivity contribution is -0.116. The largest absolute Gasteiger partial charge is 0.324 e. The van der Waals surface area contributed by atoms with E-state index in [2.05, 4.69) is 10.4 Å². The summed E-state index contributed by atoms with van der Waals surface area (Å²) >= 11 is 1.65. The van der Waals surface area contributed by atoms with Gasteiger partial charge in [0.2, 0.25) is 5.91 Å². The van der Waals surface area contributed by atoms with Gasteiger partial charge in [-0.3, -0.25) is 9.48 Å². The molecule has 0 aliphatic heterocycles. The van der Waals surface area contributed by atoms with Crippen molar-refractivity contribution in [3.05, 3.63) is 60.2 Å². The Hall–Kier alpha value is -2.40. The van der Waals surface area contributed by atoms with Gasteiger partial charge < -0.3 is 5.32 Å². The Balaban J connectivity index is 1.79. The number of hydrogen-bond donors (Lipinski definition) is 1. The zero-order valence-electron chi connectivity index (χ0n) is 10.7. The lowest BCUT2D eigenvalue weighted by Gasteiger charge is -2.10. The molecule has 0 unspecified atom stereocenters. The van der Waals surface area contributed by atoms with Crippen molar-refractivity contribution in [2.24, 2.45) is 0 Å². The second kappa shape index (κ2) is 5.71. The number of aromatic nitrogens is 2. The highest BCUT2D eigenvalue weighted by Gasteiger charge is 2.09. The van der Waals surface area contributed by atoms with E-state index < -0.39 is 0 Å². The van der Waals surface area contributed by atoms with E-state index in [-0.39, 0.29) is 12.5 Å². The maximum atomic E-state index is 12.0. The minimum Gasteiger partial charge on any atom is -0.324 e. The van der Waals surface area contributed by atoms with Crippen LogP contribution >= 0.6 is 11.3 Å². The van der Waals surface area contributed by atoms with Crippen LogP contribution in [0.1, 0.15) is 0 Å². The van der Waals surface area contributed by atoms with Crippen LogP contribution < -0.4 is 5.32 Å². The maximum Gasteiger partial charge on any atom is 0.246 e. The molecule has 2 heterocycles. The van der Waals surface area contributed by atoms with Gasteiger partial charge in [0.25, 0.3) is 0 Å². The Morgan fingerprint density at radius 1 is 1.20 bits per heavy atom. The van der Waals surface area contributed by atoms with Gasteiger partial charge in [-0.15, -0.1) is 11.3 Å². The molecule has 0 radical (unpaired) electrons. The van der Waals surface area contributed by atoms with Gasteiger partial charge in [0.15, 0.2) is 0 Å². The van der Waals surface area contributed by atoms with Crippen molar-refractivity contribution in [1.29, 1.82) is 0 Å². The summed E-state index contributed by atoms with van der Waals surface area (Å²) in [5.41, 5.74) is 1.86. The molecule has 4 nitrogen and oxygen atoms in total. The predicted molar refractivity (Wildman–Crippen MR) is 80.6 cm³/mol. The zero-order chi connectivity index (χ0) is 13.8. The molecule has 0 fully saturated rings. The second-order valence-electron chi connectivity index (χ2n) is 4.27. The summed E-state index contributed by atoms with van der Waals surface area (Å²) in [6.07, 6.45) is 3.43. The van der Waals surface area contributed by atoms with Crippen LogP contribution in [0.25, 0.3) is 10.4 Å². The first kappa shape index (κ1) is 12.6. The maximum absolute atomic E-state index is 12.0. The van der Waals surface area contributed by atoms with Gasteiger partial charge in [-0.2, -0.15) is 5.10 Å².